The Kier molecular flexibility index (Phi) is 6.59. The van der Waals surface area contributed by atoms with E-state index in [9.17, 15) is 14.4 Å². The van der Waals surface area contributed by atoms with Gasteiger partial charge in [-0.15, -0.1) is 0 Å². The third-order valence-electron chi connectivity index (χ3n) is 3.82. The van der Waals surface area contributed by atoms with E-state index in [1.807, 2.05) is 0 Å². The van der Waals surface area contributed by atoms with E-state index in [2.05, 4.69) is 10.3 Å². The first-order valence-corrected chi connectivity index (χ1v) is 9.19. The molecule has 3 aromatic rings. The van der Waals surface area contributed by atoms with Crippen molar-refractivity contribution in [3.63, 3.8) is 0 Å². The highest BCUT2D eigenvalue weighted by molar-refractivity contribution is 6.34. The maximum Gasteiger partial charge on any atom is 0.359 e. The zero-order chi connectivity index (χ0) is 20.8. The molecular weight excluding hydrogens is 415 g/mol. The van der Waals surface area contributed by atoms with E-state index in [0.29, 0.717) is 16.8 Å². The first-order valence-electron chi connectivity index (χ1n) is 8.43. The minimum atomic E-state index is -0.888. The Balaban J connectivity index is 1.68. The van der Waals surface area contributed by atoms with Gasteiger partial charge in [0.15, 0.2) is 18.1 Å². The molecule has 6 nitrogen and oxygen atoms in total. The fourth-order valence-corrected chi connectivity index (χ4v) is 2.81. The van der Waals surface area contributed by atoms with Crippen LogP contribution >= 0.6 is 23.2 Å². The molecule has 0 atom stereocenters. The van der Waals surface area contributed by atoms with E-state index in [1.54, 1.807) is 54.6 Å². The van der Waals surface area contributed by atoms with Gasteiger partial charge in [-0.05, 0) is 24.3 Å². The summed E-state index contributed by atoms with van der Waals surface area (Å²) in [7, 11) is 0. The molecule has 29 heavy (non-hydrogen) atoms. The van der Waals surface area contributed by atoms with Gasteiger partial charge in [0.05, 0.1) is 10.7 Å². The number of hydrogen-bond acceptors (Lipinski definition) is 5. The number of ether oxygens (including phenoxy) is 1. The van der Waals surface area contributed by atoms with E-state index < -0.39 is 18.5 Å². The molecule has 0 fully saturated rings. The predicted octanol–water partition coefficient (Wildman–Crippen LogP) is 4.41. The Labute approximate surface area is 176 Å². The molecule has 146 valence electrons. The second-order valence-corrected chi connectivity index (χ2v) is 6.62. The van der Waals surface area contributed by atoms with Crippen LogP contribution < -0.4 is 5.32 Å². The average Bonchev–Trinajstić information content (AvgIpc) is 2.74. The van der Waals surface area contributed by atoms with Crippen molar-refractivity contribution >= 4 is 46.5 Å². The molecule has 0 aliphatic rings. The van der Waals surface area contributed by atoms with Crippen molar-refractivity contribution in [1.29, 1.82) is 0 Å². The van der Waals surface area contributed by atoms with E-state index in [4.69, 9.17) is 27.9 Å². The standard InChI is InChI=1S/C21H14Cl2N2O4/c22-15-10-11-17(23)25-19(15)21(28)29-12-18(26)24-16-9-5-4-8-14(16)20(27)13-6-2-1-3-7-13/h1-11H,12H2,(H,24,26). The van der Waals surface area contributed by atoms with Gasteiger partial charge in [0.2, 0.25) is 0 Å². The molecule has 0 bridgehead atoms. The topological polar surface area (TPSA) is 85.4 Å². The van der Waals surface area contributed by atoms with Crippen LogP contribution in [0, 0.1) is 0 Å². The molecule has 0 radical (unpaired) electrons. The molecule has 1 N–H and O–H groups in total. The number of carbonyl (C=O) groups is 3. The van der Waals surface area contributed by atoms with Crippen molar-refractivity contribution < 1.29 is 19.1 Å². The van der Waals surface area contributed by atoms with E-state index in [0.717, 1.165) is 0 Å². The van der Waals surface area contributed by atoms with Crippen LogP contribution in [-0.4, -0.2) is 29.3 Å². The number of amides is 1. The third-order valence-corrected chi connectivity index (χ3v) is 4.34. The average molecular weight is 429 g/mol. The molecule has 0 unspecified atom stereocenters. The highest BCUT2D eigenvalue weighted by Crippen LogP contribution is 2.20. The number of benzene rings is 2. The number of esters is 1. The monoisotopic (exact) mass is 428 g/mol. The molecular formula is C21H14Cl2N2O4. The highest BCUT2D eigenvalue weighted by Gasteiger charge is 2.18. The van der Waals surface area contributed by atoms with Gasteiger partial charge in [0.25, 0.3) is 5.91 Å². The lowest BCUT2D eigenvalue weighted by Crippen LogP contribution is -2.22. The lowest BCUT2D eigenvalue weighted by atomic mass is 10.0. The van der Waals surface area contributed by atoms with Gasteiger partial charge in [-0.1, -0.05) is 65.7 Å². The SMILES string of the molecule is O=C(COC(=O)c1nc(Cl)ccc1Cl)Nc1ccccc1C(=O)c1ccccc1. The predicted molar refractivity (Wildman–Crippen MR) is 109 cm³/mol. The fraction of sp³-hybridized carbons (Fsp3) is 0.0476. The van der Waals surface area contributed by atoms with Crippen LogP contribution in [0.15, 0.2) is 66.7 Å². The molecule has 0 saturated heterocycles. The number of halogens is 2. The van der Waals surface area contributed by atoms with Crippen LogP contribution in [0.3, 0.4) is 0 Å². The molecule has 1 amide bonds. The number of nitrogens with one attached hydrogen (secondary N) is 1. The number of anilines is 1. The Morgan fingerprint density at radius 2 is 1.59 bits per heavy atom. The van der Waals surface area contributed by atoms with E-state index in [-0.39, 0.29) is 21.7 Å². The largest absolute Gasteiger partial charge is 0.451 e. The lowest BCUT2D eigenvalue weighted by molar-refractivity contribution is -0.119. The van der Waals surface area contributed by atoms with Crippen molar-refractivity contribution in [1.82, 2.24) is 4.98 Å². The number of nitrogens with zero attached hydrogens (tertiary/aromatic N) is 1. The molecule has 2 aromatic carbocycles. The number of aromatic nitrogens is 1. The summed E-state index contributed by atoms with van der Waals surface area (Å²) in [6.45, 7) is -0.586. The van der Waals surface area contributed by atoms with Crippen molar-refractivity contribution in [3.05, 3.63) is 93.7 Å². The molecule has 3 rings (SSSR count). The molecule has 0 saturated carbocycles. The highest BCUT2D eigenvalue weighted by atomic mass is 35.5. The van der Waals surface area contributed by atoms with Gasteiger partial charge in [-0.25, -0.2) is 9.78 Å². The first kappa shape index (κ1) is 20.5. The summed E-state index contributed by atoms with van der Waals surface area (Å²) in [5.41, 5.74) is 0.924. The first-order chi connectivity index (χ1) is 14.0. The zero-order valence-corrected chi connectivity index (χ0v) is 16.4. The summed E-state index contributed by atoms with van der Waals surface area (Å²) in [6, 6.07) is 18.1. The fourth-order valence-electron chi connectivity index (χ4n) is 2.48. The Morgan fingerprint density at radius 1 is 0.897 bits per heavy atom. The minimum absolute atomic E-state index is 0.0543. The Bertz CT molecular complexity index is 1070. The van der Waals surface area contributed by atoms with Crippen LogP contribution in [0.2, 0.25) is 10.2 Å². The summed E-state index contributed by atoms with van der Waals surface area (Å²) in [4.78, 5) is 40.8. The number of ketones is 1. The van der Waals surface area contributed by atoms with Gasteiger partial charge >= 0.3 is 5.97 Å². The van der Waals surface area contributed by atoms with E-state index >= 15 is 0 Å². The molecule has 1 aromatic heterocycles. The van der Waals surface area contributed by atoms with Crippen LogP contribution in [0.4, 0.5) is 5.69 Å². The van der Waals surface area contributed by atoms with Crippen molar-refractivity contribution in [2.24, 2.45) is 0 Å². The maximum absolute atomic E-state index is 12.7. The Morgan fingerprint density at radius 3 is 2.34 bits per heavy atom. The molecule has 1 heterocycles. The maximum atomic E-state index is 12.7. The molecule has 8 heteroatoms. The summed E-state index contributed by atoms with van der Waals surface area (Å²) in [5.74, 6) is -1.75. The summed E-state index contributed by atoms with van der Waals surface area (Å²) in [5, 5.41) is 2.70. The quantitative estimate of drug-likeness (QED) is 0.356. The number of hydrogen-bond donors (Lipinski definition) is 1. The Hall–Kier alpha value is -3.22. The second kappa shape index (κ2) is 9.32. The number of para-hydroxylation sites is 1. The van der Waals surface area contributed by atoms with Crippen LogP contribution in [-0.2, 0) is 9.53 Å². The number of pyridine rings is 1. The molecule has 0 spiro atoms. The van der Waals surface area contributed by atoms with Gasteiger partial charge < -0.3 is 10.1 Å². The van der Waals surface area contributed by atoms with E-state index in [1.165, 1.54) is 12.1 Å². The van der Waals surface area contributed by atoms with Gasteiger partial charge in [-0.3, -0.25) is 9.59 Å². The molecule has 0 aliphatic heterocycles. The van der Waals surface area contributed by atoms with Crippen LogP contribution in [0.25, 0.3) is 0 Å². The normalized spacial score (nSPS) is 10.3. The summed E-state index contributed by atoms with van der Waals surface area (Å²) < 4.78 is 4.94. The van der Waals surface area contributed by atoms with Gasteiger partial charge in [0, 0.05) is 11.1 Å². The smallest absolute Gasteiger partial charge is 0.359 e. The van der Waals surface area contributed by atoms with Crippen molar-refractivity contribution in [3.8, 4) is 0 Å². The third kappa shape index (κ3) is 5.19. The van der Waals surface area contributed by atoms with Crippen LogP contribution in [0.5, 0.6) is 0 Å². The summed E-state index contributed by atoms with van der Waals surface area (Å²) in [6.07, 6.45) is 0. The zero-order valence-electron chi connectivity index (χ0n) is 14.9. The second-order valence-electron chi connectivity index (χ2n) is 5.83. The lowest BCUT2D eigenvalue weighted by Gasteiger charge is -2.11. The van der Waals surface area contributed by atoms with Crippen LogP contribution in [0.1, 0.15) is 26.4 Å². The molecule has 0 aliphatic carbocycles. The van der Waals surface area contributed by atoms with Crippen molar-refractivity contribution in [2.75, 3.05) is 11.9 Å². The minimum Gasteiger partial charge on any atom is -0.451 e. The number of rotatable bonds is 6. The van der Waals surface area contributed by atoms with Crippen molar-refractivity contribution in [2.45, 2.75) is 0 Å². The van der Waals surface area contributed by atoms with Gasteiger partial charge in [0.1, 0.15) is 5.15 Å². The summed E-state index contributed by atoms with van der Waals surface area (Å²) >= 11 is 11.6. The van der Waals surface area contributed by atoms with Gasteiger partial charge in [-0.2, -0.15) is 0 Å². The number of carbonyl (C=O) groups excluding carboxylic acids is 3.